The Morgan fingerprint density at radius 1 is 1.04 bits per heavy atom. The highest BCUT2D eigenvalue weighted by atomic mass is 127. The summed E-state index contributed by atoms with van der Waals surface area (Å²) in [6.07, 6.45) is 0. The largest absolute Gasteiger partial charge is 0.534 e. The molecular weight excluding hydrogens is 502 g/mol. The van der Waals surface area contributed by atoms with Gasteiger partial charge in [-0.3, -0.25) is 9.59 Å². The van der Waals surface area contributed by atoms with E-state index < -0.39 is 33.2 Å². The van der Waals surface area contributed by atoms with Crippen molar-refractivity contribution in [3.8, 4) is 5.75 Å². The van der Waals surface area contributed by atoms with Gasteiger partial charge in [0, 0.05) is 3.57 Å². The number of hydrogen-bond donors (Lipinski definition) is 0. The van der Waals surface area contributed by atoms with Gasteiger partial charge < -0.3 is 4.18 Å². The topological polar surface area (TPSA) is 80.8 Å². The Balaban J connectivity index is 2.16. The molecule has 6 nitrogen and oxygen atoms in total. The normalized spacial score (nSPS) is 14.5. The molecule has 1 aliphatic heterocycles. The van der Waals surface area contributed by atoms with Gasteiger partial charge in [0.2, 0.25) is 0 Å². The quantitative estimate of drug-likeness (QED) is 0.272. The molecule has 142 valence electrons. The van der Waals surface area contributed by atoms with Crippen LogP contribution in [-0.2, 0) is 10.1 Å². The van der Waals surface area contributed by atoms with Crippen molar-refractivity contribution >= 4 is 50.2 Å². The van der Waals surface area contributed by atoms with Gasteiger partial charge in [-0.05, 0) is 59.3 Å². The highest BCUT2D eigenvalue weighted by Gasteiger charge is 2.49. The highest BCUT2D eigenvalue weighted by Crippen LogP contribution is 2.39. The van der Waals surface area contributed by atoms with Gasteiger partial charge in [-0.2, -0.15) is 21.6 Å². The van der Waals surface area contributed by atoms with Gasteiger partial charge in [-0.15, -0.1) is 0 Å². The monoisotopic (exact) mass is 511 g/mol. The lowest BCUT2D eigenvalue weighted by atomic mass is 10.1. The summed E-state index contributed by atoms with van der Waals surface area (Å²) < 4.78 is 65.7. The number of aryl methyl sites for hydroxylation is 1. The van der Waals surface area contributed by atoms with E-state index in [0.29, 0.717) is 14.0 Å². The Kier molecular flexibility index (Phi) is 4.70. The van der Waals surface area contributed by atoms with Crippen molar-refractivity contribution in [2.45, 2.75) is 12.4 Å². The van der Waals surface area contributed by atoms with Crippen LogP contribution in [0, 0.1) is 10.5 Å². The Hall–Kier alpha value is -2.15. The Bertz CT molecular complexity index is 1050. The summed E-state index contributed by atoms with van der Waals surface area (Å²) in [5, 5.41) is 0. The summed E-state index contributed by atoms with van der Waals surface area (Å²) in [4.78, 5) is 25.8. The summed E-state index contributed by atoms with van der Waals surface area (Å²) in [5.74, 6) is -2.34. The van der Waals surface area contributed by atoms with Crippen molar-refractivity contribution in [2.24, 2.45) is 0 Å². The van der Waals surface area contributed by atoms with Gasteiger partial charge in [0.25, 0.3) is 11.8 Å². The zero-order chi connectivity index (χ0) is 20.1. The molecule has 1 aliphatic rings. The number of rotatable bonds is 3. The molecule has 0 spiro atoms. The van der Waals surface area contributed by atoms with Crippen molar-refractivity contribution in [1.29, 1.82) is 0 Å². The molecule has 2 aromatic carbocycles. The number of amides is 2. The Morgan fingerprint density at radius 2 is 1.56 bits per heavy atom. The van der Waals surface area contributed by atoms with Crippen LogP contribution in [0.25, 0.3) is 0 Å². The molecule has 0 radical (unpaired) electrons. The molecule has 2 aromatic rings. The maximum Gasteiger partial charge on any atom is 0.534 e. The summed E-state index contributed by atoms with van der Waals surface area (Å²) in [7, 11) is -5.99. The van der Waals surface area contributed by atoms with Crippen LogP contribution in [0.1, 0.15) is 26.3 Å². The van der Waals surface area contributed by atoms with Gasteiger partial charge in [0.15, 0.2) is 5.75 Å². The first-order valence-corrected chi connectivity index (χ1v) is 9.71. The molecule has 2 amide bonds. The molecule has 0 fully saturated rings. The van der Waals surface area contributed by atoms with Crippen LogP contribution >= 0.6 is 22.6 Å². The van der Waals surface area contributed by atoms with Crippen LogP contribution < -0.4 is 9.08 Å². The van der Waals surface area contributed by atoms with E-state index in [1.165, 1.54) is 37.3 Å². The molecule has 0 saturated carbocycles. The molecule has 27 heavy (non-hydrogen) atoms. The van der Waals surface area contributed by atoms with E-state index in [2.05, 4.69) is 4.18 Å². The minimum absolute atomic E-state index is 0.0581. The fourth-order valence-electron chi connectivity index (χ4n) is 2.46. The summed E-state index contributed by atoms with van der Waals surface area (Å²) in [6.45, 7) is 1.51. The van der Waals surface area contributed by atoms with E-state index in [-0.39, 0.29) is 16.8 Å². The fraction of sp³-hybridized carbons (Fsp3) is 0.125. The minimum Gasteiger partial charge on any atom is -0.374 e. The van der Waals surface area contributed by atoms with Crippen LogP contribution in [0.15, 0.2) is 36.4 Å². The molecule has 0 bridgehead atoms. The van der Waals surface area contributed by atoms with E-state index >= 15 is 0 Å². The maximum atomic E-state index is 12.7. The zero-order valence-electron chi connectivity index (χ0n) is 13.4. The molecule has 0 unspecified atom stereocenters. The number of hydrogen-bond acceptors (Lipinski definition) is 5. The zero-order valence-corrected chi connectivity index (χ0v) is 16.3. The van der Waals surface area contributed by atoms with Gasteiger partial charge in [0.1, 0.15) is 0 Å². The van der Waals surface area contributed by atoms with Crippen LogP contribution in [0.2, 0.25) is 0 Å². The number of anilines is 1. The Labute approximate surface area is 165 Å². The van der Waals surface area contributed by atoms with Crippen LogP contribution in [0.5, 0.6) is 5.75 Å². The van der Waals surface area contributed by atoms with Crippen molar-refractivity contribution < 1.29 is 35.4 Å². The molecular formula is C16H9F3INO5S. The van der Waals surface area contributed by atoms with E-state index in [1.54, 1.807) is 0 Å². The fourth-order valence-corrected chi connectivity index (χ4v) is 3.37. The number of carbonyl (C=O) groups excluding carboxylic acids is 2. The molecule has 1 heterocycles. The molecule has 11 heteroatoms. The molecule has 0 saturated heterocycles. The number of imide groups is 1. The number of carbonyl (C=O) groups is 2. The minimum atomic E-state index is -5.99. The van der Waals surface area contributed by atoms with E-state index in [9.17, 15) is 31.2 Å². The van der Waals surface area contributed by atoms with Crippen LogP contribution in [-0.4, -0.2) is 25.7 Å². The number of fused-ring (bicyclic) bond motifs is 1. The highest BCUT2D eigenvalue weighted by molar-refractivity contribution is 14.1. The average molecular weight is 511 g/mol. The third kappa shape index (κ3) is 3.29. The van der Waals surface area contributed by atoms with Gasteiger partial charge in [-0.25, -0.2) is 4.90 Å². The SMILES string of the molecule is Cc1cc(OS(=O)(=O)C(F)(F)F)c(N2C(=O)c3ccccc3C2=O)cc1I. The average Bonchev–Trinajstić information content (AvgIpc) is 2.81. The van der Waals surface area contributed by atoms with Crippen molar-refractivity contribution in [1.82, 2.24) is 0 Å². The first kappa shape index (κ1) is 19.6. The molecule has 0 N–H and O–H groups in total. The second-order valence-corrected chi connectivity index (χ2v) is 8.24. The number of benzene rings is 2. The van der Waals surface area contributed by atoms with Crippen molar-refractivity contribution in [3.05, 3.63) is 56.7 Å². The van der Waals surface area contributed by atoms with E-state index in [1.807, 2.05) is 22.6 Å². The lowest BCUT2D eigenvalue weighted by molar-refractivity contribution is -0.0499. The lowest BCUT2D eigenvalue weighted by Gasteiger charge is -2.20. The standard InChI is InChI=1S/C16H9F3INO5S/c1-8-6-13(26-27(24,25)16(17,18)19)12(7-11(8)20)21-14(22)9-4-2-3-5-10(9)15(21)23/h2-7H,1H3. The van der Waals surface area contributed by atoms with E-state index in [4.69, 9.17) is 0 Å². The molecule has 3 rings (SSSR count). The second-order valence-electron chi connectivity index (χ2n) is 5.54. The second kappa shape index (κ2) is 6.48. The van der Waals surface area contributed by atoms with Crippen LogP contribution in [0.3, 0.4) is 0 Å². The van der Waals surface area contributed by atoms with Crippen molar-refractivity contribution in [3.63, 3.8) is 0 Å². The number of nitrogens with zero attached hydrogens (tertiary/aromatic N) is 1. The molecule has 0 aliphatic carbocycles. The van der Waals surface area contributed by atoms with Gasteiger partial charge in [-0.1, -0.05) is 12.1 Å². The lowest BCUT2D eigenvalue weighted by Crippen LogP contribution is -2.32. The molecule has 0 aromatic heterocycles. The van der Waals surface area contributed by atoms with Crippen molar-refractivity contribution in [2.75, 3.05) is 4.90 Å². The van der Waals surface area contributed by atoms with Crippen LogP contribution in [0.4, 0.5) is 18.9 Å². The predicted molar refractivity (Wildman–Crippen MR) is 97.1 cm³/mol. The third-order valence-electron chi connectivity index (χ3n) is 3.76. The van der Waals surface area contributed by atoms with Gasteiger partial charge in [0.05, 0.1) is 16.8 Å². The smallest absolute Gasteiger partial charge is 0.374 e. The van der Waals surface area contributed by atoms with Gasteiger partial charge >= 0.3 is 15.6 Å². The Morgan fingerprint density at radius 3 is 2.04 bits per heavy atom. The summed E-state index contributed by atoms with van der Waals surface area (Å²) in [6, 6.07) is 8.09. The predicted octanol–water partition coefficient (Wildman–Crippen LogP) is 3.63. The first-order chi connectivity index (χ1) is 12.4. The van der Waals surface area contributed by atoms with E-state index in [0.717, 1.165) is 6.07 Å². The number of halogens is 4. The summed E-state index contributed by atoms with van der Waals surface area (Å²) in [5.41, 5.74) is -5.53. The summed E-state index contributed by atoms with van der Waals surface area (Å²) >= 11 is 1.84. The number of alkyl halides is 3. The maximum absolute atomic E-state index is 12.7. The first-order valence-electron chi connectivity index (χ1n) is 7.23. The third-order valence-corrected chi connectivity index (χ3v) is 5.89. The molecule has 0 atom stereocenters.